The smallest absolute Gasteiger partial charge is 0.292 e. The van der Waals surface area contributed by atoms with Crippen LogP contribution >= 0.6 is 11.6 Å². The summed E-state index contributed by atoms with van der Waals surface area (Å²) >= 11 is 5.94. The minimum atomic E-state index is -0.418. The van der Waals surface area contributed by atoms with Crippen molar-refractivity contribution in [2.24, 2.45) is 0 Å². The zero-order valence-electron chi connectivity index (χ0n) is 11.5. The lowest BCUT2D eigenvalue weighted by atomic mass is 9.90. The highest BCUT2D eigenvalue weighted by Gasteiger charge is 2.40. The highest BCUT2D eigenvalue weighted by molar-refractivity contribution is 6.31. The van der Waals surface area contributed by atoms with E-state index in [0.29, 0.717) is 23.9 Å². The molecule has 0 aromatic heterocycles. The Labute approximate surface area is 127 Å². The van der Waals surface area contributed by atoms with Crippen molar-refractivity contribution in [3.8, 4) is 0 Å². The van der Waals surface area contributed by atoms with Crippen LogP contribution in [-0.2, 0) is 9.47 Å². The van der Waals surface area contributed by atoms with Crippen LogP contribution in [0, 0.1) is 10.1 Å². The van der Waals surface area contributed by atoms with E-state index in [1.54, 1.807) is 6.07 Å². The molecule has 3 rings (SSSR count). The van der Waals surface area contributed by atoms with Crippen LogP contribution in [0.1, 0.15) is 25.7 Å². The average molecular weight is 313 g/mol. The normalized spacial score (nSPS) is 21.6. The molecular weight excluding hydrogens is 296 g/mol. The van der Waals surface area contributed by atoms with Gasteiger partial charge in [-0.15, -0.1) is 0 Å². The van der Waals surface area contributed by atoms with E-state index in [-0.39, 0.29) is 11.7 Å². The van der Waals surface area contributed by atoms with Crippen molar-refractivity contribution >= 4 is 23.0 Å². The predicted octanol–water partition coefficient (Wildman–Crippen LogP) is 3.35. The molecule has 1 aliphatic heterocycles. The largest absolute Gasteiger partial charge is 0.377 e. The number of nitro benzene ring substituents is 1. The van der Waals surface area contributed by atoms with Gasteiger partial charge in [0.15, 0.2) is 5.79 Å². The lowest BCUT2D eigenvalue weighted by Gasteiger charge is -2.35. The van der Waals surface area contributed by atoms with E-state index in [1.807, 2.05) is 0 Å². The molecule has 1 spiro atoms. The first-order valence-corrected chi connectivity index (χ1v) is 7.44. The monoisotopic (exact) mass is 312 g/mol. The van der Waals surface area contributed by atoms with Crippen molar-refractivity contribution in [3.05, 3.63) is 33.3 Å². The van der Waals surface area contributed by atoms with E-state index in [0.717, 1.165) is 25.7 Å². The van der Waals surface area contributed by atoms with Gasteiger partial charge in [0, 0.05) is 30.0 Å². The summed E-state index contributed by atoms with van der Waals surface area (Å²) in [6.07, 6.45) is 3.31. The van der Waals surface area contributed by atoms with Gasteiger partial charge in [-0.3, -0.25) is 10.1 Å². The minimum absolute atomic E-state index is 0.0491. The summed E-state index contributed by atoms with van der Waals surface area (Å²) in [7, 11) is 0. The number of benzene rings is 1. The fraction of sp³-hybridized carbons (Fsp3) is 0.571. The van der Waals surface area contributed by atoms with Gasteiger partial charge in [-0.2, -0.15) is 0 Å². The number of nitro groups is 1. The third-order valence-corrected chi connectivity index (χ3v) is 4.31. The Kier molecular flexibility index (Phi) is 4.01. The van der Waals surface area contributed by atoms with Gasteiger partial charge in [0.1, 0.15) is 5.69 Å². The first-order valence-electron chi connectivity index (χ1n) is 7.06. The van der Waals surface area contributed by atoms with Crippen LogP contribution in [0.5, 0.6) is 0 Å². The summed E-state index contributed by atoms with van der Waals surface area (Å²) in [4.78, 5) is 10.7. The van der Waals surface area contributed by atoms with Gasteiger partial charge in [0.25, 0.3) is 5.69 Å². The van der Waals surface area contributed by atoms with Crippen molar-refractivity contribution in [2.45, 2.75) is 37.5 Å². The van der Waals surface area contributed by atoms with Crippen LogP contribution in [0.15, 0.2) is 18.2 Å². The number of nitrogens with one attached hydrogen (secondary N) is 1. The molecule has 0 amide bonds. The Morgan fingerprint density at radius 1 is 1.29 bits per heavy atom. The number of ether oxygens (including phenoxy) is 2. The molecule has 1 saturated heterocycles. The second kappa shape index (κ2) is 5.79. The van der Waals surface area contributed by atoms with E-state index in [1.165, 1.54) is 12.1 Å². The molecule has 7 heteroatoms. The van der Waals surface area contributed by atoms with Crippen molar-refractivity contribution in [3.63, 3.8) is 0 Å². The minimum Gasteiger partial charge on any atom is -0.377 e. The molecule has 0 radical (unpaired) electrons. The van der Waals surface area contributed by atoms with Crippen molar-refractivity contribution in [2.75, 3.05) is 18.5 Å². The number of hydrogen-bond donors (Lipinski definition) is 1. The summed E-state index contributed by atoms with van der Waals surface area (Å²) in [5.74, 6) is -0.418. The zero-order valence-corrected chi connectivity index (χ0v) is 12.3. The van der Waals surface area contributed by atoms with Crippen LogP contribution in [-0.4, -0.2) is 30.0 Å². The second-order valence-electron chi connectivity index (χ2n) is 5.44. The molecule has 1 heterocycles. The lowest BCUT2D eigenvalue weighted by molar-refractivity contribution is -0.384. The molecule has 1 aromatic rings. The molecule has 0 atom stereocenters. The number of halogens is 1. The summed E-state index contributed by atoms with van der Waals surface area (Å²) in [6.45, 7) is 1.30. The fourth-order valence-corrected chi connectivity index (χ4v) is 3.16. The Hall–Kier alpha value is -1.37. The van der Waals surface area contributed by atoms with Gasteiger partial charge in [-0.25, -0.2) is 0 Å². The predicted molar refractivity (Wildman–Crippen MR) is 78.6 cm³/mol. The van der Waals surface area contributed by atoms with Gasteiger partial charge in [-0.05, 0) is 25.0 Å². The summed E-state index contributed by atoms with van der Waals surface area (Å²) < 4.78 is 11.4. The van der Waals surface area contributed by atoms with Crippen molar-refractivity contribution in [1.82, 2.24) is 0 Å². The molecule has 21 heavy (non-hydrogen) atoms. The summed E-state index contributed by atoms with van der Waals surface area (Å²) in [5, 5.41) is 14.8. The number of nitrogens with zero attached hydrogens (tertiary/aromatic N) is 1. The van der Waals surface area contributed by atoms with Crippen LogP contribution in [0.25, 0.3) is 0 Å². The summed E-state index contributed by atoms with van der Waals surface area (Å²) in [5.41, 5.74) is 0.523. The van der Waals surface area contributed by atoms with E-state index in [4.69, 9.17) is 21.1 Å². The molecule has 114 valence electrons. The maximum Gasteiger partial charge on any atom is 0.292 e. The SMILES string of the molecule is O=[N+]([O-])c1ccc(Cl)cc1NC1CCC2(CC1)OCCO2. The molecular formula is C14H17ClN2O4. The van der Waals surface area contributed by atoms with Gasteiger partial charge in [0.2, 0.25) is 0 Å². The summed E-state index contributed by atoms with van der Waals surface area (Å²) in [6, 6.07) is 4.73. The van der Waals surface area contributed by atoms with Gasteiger partial charge >= 0.3 is 0 Å². The van der Waals surface area contributed by atoms with Gasteiger partial charge in [-0.1, -0.05) is 11.6 Å². The Bertz CT molecular complexity index is 536. The lowest BCUT2D eigenvalue weighted by Crippen LogP contribution is -2.39. The highest BCUT2D eigenvalue weighted by atomic mass is 35.5. The molecule has 1 saturated carbocycles. The molecule has 1 aliphatic carbocycles. The Balaban J connectivity index is 1.68. The number of anilines is 1. The molecule has 0 unspecified atom stereocenters. The van der Waals surface area contributed by atoms with E-state index >= 15 is 0 Å². The zero-order chi connectivity index (χ0) is 14.9. The fourth-order valence-electron chi connectivity index (χ4n) is 2.99. The topological polar surface area (TPSA) is 73.6 Å². The highest BCUT2D eigenvalue weighted by Crippen LogP contribution is 2.38. The quantitative estimate of drug-likeness (QED) is 0.684. The molecule has 1 aromatic carbocycles. The third kappa shape index (κ3) is 3.12. The molecule has 2 fully saturated rings. The maximum absolute atomic E-state index is 11.1. The maximum atomic E-state index is 11.1. The Morgan fingerprint density at radius 2 is 1.95 bits per heavy atom. The standard InChI is InChI=1S/C14H17ClN2O4/c15-10-1-2-13(17(18)19)12(9-10)16-11-3-5-14(6-4-11)20-7-8-21-14/h1-2,9,11,16H,3-8H2. The Morgan fingerprint density at radius 3 is 2.57 bits per heavy atom. The van der Waals surface area contributed by atoms with Crippen LogP contribution in [0.2, 0.25) is 5.02 Å². The average Bonchev–Trinajstić information content (AvgIpc) is 2.90. The van der Waals surface area contributed by atoms with Crippen LogP contribution < -0.4 is 5.32 Å². The van der Waals surface area contributed by atoms with Crippen molar-refractivity contribution in [1.29, 1.82) is 0 Å². The van der Waals surface area contributed by atoms with Gasteiger partial charge < -0.3 is 14.8 Å². The molecule has 1 N–H and O–H groups in total. The van der Waals surface area contributed by atoms with E-state index < -0.39 is 10.7 Å². The second-order valence-corrected chi connectivity index (χ2v) is 5.88. The van der Waals surface area contributed by atoms with E-state index in [2.05, 4.69) is 5.32 Å². The van der Waals surface area contributed by atoms with Crippen molar-refractivity contribution < 1.29 is 14.4 Å². The van der Waals surface area contributed by atoms with Crippen LogP contribution in [0.3, 0.4) is 0 Å². The molecule has 6 nitrogen and oxygen atoms in total. The third-order valence-electron chi connectivity index (χ3n) is 4.08. The number of hydrogen-bond acceptors (Lipinski definition) is 5. The molecule has 0 bridgehead atoms. The first-order chi connectivity index (χ1) is 10.1. The van der Waals surface area contributed by atoms with Crippen LogP contribution in [0.4, 0.5) is 11.4 Å². The molecule has 2 aliphatic rings. The van der Waals surface area contributed by atoms with Gasteiger partial charge in [0.05, 0.1) is 18.1 Å². The number of rotatable bonds is 3. The van der Waals surface area contributed by atoms with E-state index in [9.17, 15) is 10.1 Å². The first kappa shape index (κ1) is 14.6.